The van der Waals surface area contributed by atoms with Crippen molar-refractivity contribution in [3.63, 3.8) is 0 Å². The molecule has 0 aliphatic heterocycles. The summed E-state index contributed by atoms with van der Waals surface area (Å²) < 4.78 is 27.7. The molecule has 20 heavy (non-hydrogen) atoms. The van der Waals surface area contributed by atoms with Crippen molar-refractivity contribution in [2.75, 3.05) is 25.3 Å². The second kappa shape index (κ2) is 6.69. The van der Waals surface area contributed by atoms with Gasteiger partial charge in [-0.25, -0.2) is 8.42 Å². The molecule has 0 bridgehead atoms. The number of carbonyl (C=O) groups excluding carboxylic acids is 1. The van der Waals surface area contributed by atoms with Gasteiger partial charge in [-0.1, -0.05) is 0 Å². The first-order chi connectivity index (χ1) is 9.25. The van der Waals surface area contributed by atoms with Gasteiger partial charge in [0.1, 0.15) is 5.75 Å². The van der Waals surface area contributed by atoms with Gasteiger partial charge in [0.2, 0.25) is 5.91 Å². The van der Waals surface area contributed by atoms with Gasteiger partial charge in [-0.2, -0.15) is 0 Å². The predicted molar refractivity (Wildman–Crippen MR) is 74.3 cm³/mol. The Kier molecular flexibility index (Phi) is 5.49. The summed E-state index contributed by atoms with van der Waals surface area (Å²) in [6, 6.07) is 2.83. The third kappa shape index (κ3) is 4.48. The number of ether oxygens (including phenoxy) is 1. The molecule has 0 radical (unpaired) electrons. The number of rotatable bonds is 6. The van der Waals surface area contributed by atoms with E-state index in [2.05, 4.69) is 5.32 Å². The molecule has 1 rings (SSSR count). The third-order valence-electron chi connectivity index (χ3n) is 2.62. The molecule has 0 fully saturated rings. The average Bonchev–Trinajstić information content (AvgIpc) is 2.37. The number of phenols is 1. The number of hydrogen-bond acceptors (Lipinski definition) is 6. The number of carbonyl (C=O) groups is 1. The first kappa shape index (κ1) is 16.4. The van der Waals surface area contributed by atoms with Crippen molar-refractivity contribution in [1.29, 1.82) is 0 Å². The van der Waals surface area contributed by atoms with E-state index < -0.39 is 21.8 Å². The van der Waals surface area contributed by atoms with Crippen LogP contribution in [-0.4, -0.2) is 45.4 Å². The normalized spacial score (nSPS) is 12.9. The molecule has 0 heterocycles. The van der Waals surface area contributed by atoms with Crippen molar-refractivity contribution in [2.45, 2.75) is 17.4 Å². The van der Waals surface area contributed by atoms with Crippen LogP contribution in [0.5, 0.6) is 5.75 Å². The Bertz CT molecular complexity index is 586. The highest BCUT2D eigenvalue weighted by Gasteiger charge is 2.16. The quantitative estimate of drug-likeness (QED) is 0.641. The lowest BCUT2D eigenvalue weighted by Gasteiger charge is -2.13. The van der Waals surface area contributed by atoms with Gasteiger partial charge < -0.3 is 20.9 Å². The van der Waals surface area contributed by atoms with Crippen LogP contribution >= 0.6 is 0 Å². The summed E-state index contributed by atoms with van der Waals surface area (Å²) in [6.45, 7) is 0.323. The van der Waals surface area contributed by atoms with E-state index in [0.717, 1.165) is 6.26 Å². The Morgan fingerprint density at radius 2 is 2.15 bits per heavy atom. The Labute approximate surface area is 117 Å². The number of hydrogen-bond donors (Lipinski definition) is 3. The molecule has 0 aliphatic carbocycles. The summed E-state index contributed by atoms with van der Waals surface area (Å²) in [7, 11) is -1.93. The molecule has 112 valence electrons. The van der Waals surface area contributed by atoms with Crippen LogP contribution in [0.25, 0.3) is 0 Å². The highest BCUT2D eigenvalue weighted by Crippen LogP contribution is 2.26. The Hall–Kier alpha value is -1.64. The molecule has 8 heteroatoms. The van der Waals surface area contributed by atoms with Gasteiger partial charge in [0.15, 0.2) is 9.84 Å². The zero-order valence-electron chi connectivity index (χ0n) is 11.3. The van der Waals surface area contributed by atoms with Crippen LogP contribution in [0.3, 0.4) is 0 Å². The van der Waals surface area contributed by atoms with Gasteiger partial charge in [0.25, 0.3) is 0 Å². The molecule has 0 saturated carbocycles. The number of benzene rings is 1. The van der Waals surface area contributed by atoms with Crippen molar-refractivity contribution < 1.29 is 23.1 Å². The van der Waals surface area contributed by atoms with Crippen molar-refractivity contribution in [3.8, 4) is 5.75 Å². The molecule has 0 aromatic heterocycles. The van der Waals surface area contributed by atoms with E-state index in [1.165, 1.54) is 25.3 Å². The van der Waals surface area contributed by atoms with Crippen molar-refractivity contribution >= 4 is 21.4 Å². The minimum Gasteiger partial charge on any atom is -0.506 e. The fourth-order valence-electron chi connectivity index (χ4n) is 1.45. The highest BCUT2D eigenvalue weighted by atomic mass is 32.2. The lowest BCUT2D eigenvalue weighted by Crippen LogP contribution is -2.36. The van der Waals surface area contributed by atoms with Crippen LogP contribution in [0.15, 0.2) is 23.1 Å². The zero-order valence-corrected chi connectivity index (χ0v) is 12.1. The number of nitrogens with two attached hydrogens (primary N) is 1. The molecule has 4 N–H and O–H groups in total. The van der Waals surface area contributed by atoms with Gasteiger partial charge in [-0.05, 0) is 24.6 Å². The maximum atomic E-state index is 11.8. The van der Waals surface area contributed by atoms with Crippen LogP contribution in [-0.2, 0) is 19.4 Å². The maximum absolute atomic E-state index is 11.8. The second-order valence-corrected chi connectivity index (χ2v) is 6.34. The molecule has 7 nitrogen and oxygen atoms in total. The van der Waals surface area contributed by atoms with E-state index in [-0.39, 0.29) is 16.3 Å². The van der Waals surface area contributed by atoms with Gasteiger partial charge in [-0.3, -0.25) is 4.79 Å². The summed E-state index contributed by atoms with van der Waals surface area (Å²) in [5, 5.41) is 12.0. The Morgan fingerprint density at radius 1 is 1.50 bits per heavy atom. The summed E-state index contributed by atoms with van der Waals surface area (Å²) in [5.74, 6) is -0.757. The van der Waals surface area contributed by atoms with Gasteiger partial charge in [0.05, 0.1) is 16.6 Å². The zero-order chi connectivity index (χ0) is 15.3. The van der Waals surface area contributed by atoms with Gasteiger partial charge >= 0.3 is 0 Å². The molecular formula is C12H18N2O5S. The first-order valence-corrected chi connectivity index (χ1v) is 7.73. The highest BCUT2D eigenvalue weighted by molar-refractivity contribution is 7.90. The number of sulfone groups is 1. The van der Waals surface area contributed by atoms with Crippen LogP contribution in [0, 0.1) is 0 Å². The van der Waals surface area contributed by atoms with Gasteiger partial charge in [-0.15, -0.1) is 0 Å². The lowest BCUT2D eigenvalue weighted by atomic mass is 10.2. The third-order valence-corrected chi connectivity index (χ3v) is 3.73. The van der Waals surface area contributed by atoms with E-state index in [4.69, 9.17) is 10.5 Å². The number of aromatic hydroxyl groups is 1. The van der Waals surface area contributed by atoms with Crippen LogP contribution in [0.1, 0.15) is 6.42 Å². The van der Waals surface area contributed by atoms with E-state index in [9.17, 15) is 18.3 Å². The summed E-state index contributed by atoms with van der Waals surface area (Å²) in [5.41, 5.74) is 5.64. The number of phenolic OH excluding ortho intramolecular Hbond substituents is 1. The van der Waals surface area contributed by atoms with E-state index in [1.807, 2.05) is 0 Å². The number of anilines is 1. The molecule has 0 aliphatic rings. The standard InChI is InChI=1S/C12H18N2O5S/c1-19-6-5-9(13)12(16)14-10-7-8(20(2,17)18)3-4-11(10)15/h3-4,7,9,15H,5-6,13H2,1-2H3,(H,14,16). The predicted octanol–water partition coefficient (Wildman–Crippen LogP) is 0.0980. The fraction of sp³-hybridized carbons (Fsp3) is 0.417. The van der Waals surface area contributed by atoms with Gasteiger partial charge in [0, 0.05) is 20.0 Å². The van der Waals surface area contributed by atoms with Crippen molar-refractivity contribution in [2.24, 2.45) is 5.73 Å². The van der Waals surface area contributed by atoms with Crippen LogP contribution in [0.2, 0.25) is 0 Å². The number of nitrogens with one attached hydrogen (secondary N) is 1. The number of amides is 1. The molecule has 0 saturated heterocycles. The van der Waals surface area contributed by atoms with E-state index in [1.54, 1.807) is 0 Å². The second-order valence-electron chi connectivity index (χ2n) is 4.33. The van der Waals surface area contributed by atoms with Crippen molar-refractivity contribution in [3.05, 3.63) is 18.2 Å². The molecular weight excluding hydrogens is 284 g/mol. The molecule has 1 aromatic rings. The van der Waals surface area contributed by atoms with E-state index in [0.29, 0.717) is 13.0 Å². The summed E-state index contributed by atoms with van der Waals surface area (Å²) >= 11 is 0. The Morgan fingerprint density at radius 3 is 2.70 bits per heavy atom. The summed E-state index contributed by atoms with van der Waals surface area (Å²) in [4.78, 5) is 11.8. The minimum atomic E-state index is -3.43. The SMILES string of the molecule is COCCC(N)C(=O)Nc1cc(S(C)(=O)=O)ccc1O. The lowest BCUT2D eigenvalue weighted by molar-refractivity contribution is -0.117. The van der Waals surface area contributed by atoms with Crippen LogP contribution in [0.4, 0.5) is 5.69 Å². The molecule has 1 atom stereocenters. The molecule has 0 spiro atoms. The first-order valence-electron chi connectivity index (χ1n) is 5.84. The number of methoxy groups -OCH3 is 1. The minimum absolute atomic E-state index is 0.00365. The largest absolute Gasteiger partial charge is 0.506 e. The Balaban J connectivity index is 2.89. The van der Waals surface area contributed by atoms with E-state index >= 15 is 0 Å². The molecule has 1 aromatic carbocycles. The fourth-order valence-corrected chi connectivity index (χ4v) is 2.09. The maximum Gasteiger partial charge on any atom is 0.241 e. The topological polar surface area (TPSA) is 119 Å². The monoisotopic (exact) mass is 302 g/mol. The van der Waals surface area contributed by atoms with Crippen molar-refractivity contribution in [1.82, 2.24) is 0 Å². The summed E-state index contributed by atoms with van der Waals surface area (Å²) in [6.07, 6.45) is 1.35. The smallest absolute Gasteiger partial charge is 0.241 e. The van der Waals surface area contributed by atoms with Crippen LogP contribution < -0.4 is 11.1 Å². The molecule has 1 amide bonds. The molecule has 1 unspecified atom stereocenters. The average molecular weight is 302 g/mol.